The van der Waals surface area contributed by atoms with Gasteiger partial charge in [0.15, 0.2) is 0 Å². The summed E-state index contributed by atoms with van der Waals surface area (Å²) >= 11 is 0. The molecule has 1 aromatic carbocycles. The molecule has 0 spiro atoms. The second kappa shape index (κ2) is 5.20. The van der Waals surface area contributed by atoms with Crippen LogP contribution in [0.15, 0.2) is 18.3 Å². The fourth-order valence-electron chi connectivity index (χ4n) is 1.11. The van der Waals surface area contributed by atoms with Gasteiger partial charge in [-0.05, 0) is 6.92 Å². The molecule has 16 heavy (non-hydrogen) atoms. The SMILES string of the molecule is CCOc1cc(F)c(C=C[N+](=O)[O-])c(F)c1. The lowest BCUT2D eigenvalue weighted by Crippen LogP contribution is -1.96. The number of benzene rings is 1. The quantitative estimate of drug-likeness (QED) is 0.589. The Morgan fingerprint density at radius 1 is 1.44 bits per heavy atom. The van der Waals surface area contributed by atoms with E-state index in [1.165, 1.54) is 0 Å². The predicted octanol–water partition coefficient (Wildman–Crippen LogP) is 2.61. The van der Waals surface area contributed by atoms with Gasteiger partial charge in [-0.25, -0.2) is 8.78 Å². The van der Waals surface area contributed by atoms with E-state index >= 15 is 0 Å². The molecule has 1 rings (SSSR count). The first kappa shape index (κ1) is 12.1. The average molecular weight is 229 g/mol. The van der Waals surface area contributed by atoms with Crippen molar-refractivity contribution in [2.45, 2.75) is 6.92 Å². The molecule has 1 aromatic rings. The van der Waals surface area contributed by atoms with Gasteiger partial charge in [-0.3, -0.25) is 10.1 Å². The van der Waals surface area contributed by atoms with Crippen molar-refractivity contribution in [2.24, 2.45) is 0 Å². The Labute approximate surface area is 90.3 Å². The Bertz CT molecular complexity index is 409. The molecule has 0 heterocycles. The van der Waals surface area contributed by atoms with Gasteiger partial charge in [0.1, 0.15) is 17.4 Å². The minimum atomic E-state index is -0.901. The van der Waals surface area contributed by atoms with E-state index < -0.39 is 22.1 Å². The minimum Gasteiger partial charge on any atom is -0.494 e. The van der Waals surface area contributed by atoms with Crippen LogP contribution in [-0.2, 0) is 0 Å². The van der Waals surface area contributed by atoms with Crippen molar-refractivity contribution < 1.29 is 18.4 Å². The molecular formula is C10H9F2NO3. The fraction of sp³-hybridized carbons (Fsp3) is 0.200. The highest BCUT2D eigenvalue weighted by Crippen LogP contribution is 2.21. The van der Waals surface area contributed by atoms with E-state index in [0.29, 0.717) is 6.20 Å². The second-order valence-electron chi connectivity index (χ2n) is 2.83. The maximum atomic E-state index is 13.3. The van der Waals surface area contributed by atoms with E-state index in [1.807, 2.05) is 0 Å². The summed E-state index contributed by atoms with van der Waals surface area (Å²) in [6.07, 6.45) is 1.24. The van der Waals surface area contributed by atoms with Crippen LogP contribution in [0.5, 0.6) is 5.75 Å². The van der Waals surface area contributed by atoms with E-state index in [0.717, 1.165) is 18.2 Å². The first-order valence-electron chi connectivity index (χ1n) is 4.48. The summed E-state index contributed by atoms with van der Waals surface area (Å²) in [5, 5.41) is 10.0. The fourth-order valence-corrected chi connectivity index (χ4v) is 1.11. The van der Waals surface area contributed by atoms with Crippen molar-refractivity contribution in [3.63, 3.8) is 0 Å². The molecule has 0 fully saturated rings. The monoisotopic (exact) mass is 229 g/mol. The highest BCUT2D eigenvalue weighted by atomic mass is 19.1. The summed E-state index contributed by atoms with van der Waals surface area (Å²) in [6.45, 7) is 1.96. The van der Waals surface area contributed by atoms with Crippen molar-refractivity contribution in [3.8, 4) is 5.75 Å². The summed E-state index contributed by atoms with van der Waals surface area (Å²) in [5.74, 6) is -1.75. The van der Waals surface area contributed by atoms with Crippen LogP contribution in [0.1, 0.15) is 12.5 Å². The molecule has 4 nitrogen and oxygen atoms in total. The normalized spacial score (nSPS) is 10.7. The van der Waals surface area contributed by atoms with Gasteiger partial charge in [-0.15, -0.1) is 0 Å². The standard InChI is InChI=1S/C10H9F2NO3/c1-2-16-7-5-9(11)8(10(12)6-7)3-4-13(14)15/h3-6H,2H2,1H3. The van der Waals surface area contributed by atoms with E-state index in [4.69, 9.17) is 4.74 Å². The second-order valence-corrected chi connectivity index (χ2v) is 2.83. The lowest BCUT2D eigenvalue weighted by atomic mass is 10.2. The van der Waals surface area contributed by atoms with Crippen molar-refractivity contribution in [1.82, 2.24) is 0 Å². The minimum absolute atomic E-state index is 0.0516. The van der Waals surface area contributed by atoms with Crippen LogP contribution in [-0.4, -0.2) is 11.5 Å². The topological polar surface area (TPSA) is 52.4 Å². The van der Waals surface area contributed by atoms with Crippen LogP contribution in [0.25, 0.3) is 6.08 Å². The van der Waals surface area contributed by atoms with Gasteiger partial charge in [0, 0.05) is 18.2 Å². The largest absolute Gasteiger partial charge is 0.494 e. The Morgan fingerprint density at radius 3 is 2.44 bits per heavy atom. The van der Waals surface area contributed by atoms with Gasteiger partial charge in [0.05, 0.1) is 17.1 Å². The van der Waals surface area contributed by atoms with Crippen LogP contribution >= 0.6 is 0 Å². The van der Waals surface area contributed by atoms with Crippen LogP contribution in [0, 0.1) is 21.7 Å². The Balaban J connectivity index is 3.07. The summed E-state index contributed by atoms with van der Waals surface area (Å²) in [4.78, 5) is 9.22. The lowest BCUT2D eigenvalue weighted by Gasteiger charge is -2.05. The van der Waals surface area contributed by atoms with Crippen molar-refractivity contribution in [2.75, 3.05) is 6.61 Å². The third-order valence-corrected chi connectivity index (χ3v) is 1.73. The van der Waals surface area contributed by atoms with E-state index in [9.17, 15) is 18.9 Å². The summed E-state index contributed by atoms with van der Waals surface area (Å²) in [6, 6.07) is 1.96. The molecule has 0 aliphatic rings. The van der Waals surface area contributed by atoms with Crippen LogP contribution in [0.2, 0.25) is 0 Å². The van der Waals surface area contributed by atoms with E-state index in [-0.39, 0.29) is 12.4 Å². The van der Waals surface area contributed by atoms with E-state index in [1.54, 1.807) is 6.92 Å². The van der Waals surface area contributed by atoms with Crippen molar-refractivity contribution >= 4 is 6.08 Å². The van der Waals surface area contributed by atoms with Crippen LogP contribution in [0.3, 0.4) is 0 Å². The third-order valence-electron chi connectivity index (χ3n) is 1.73. The van der Waals surface area contributed by atoms with Gasteiger partial charge >= 0.3 is 0 Å². The highest BCUT2D eigenvalue weighted by molar-refractivity contribution is 5.51. The average Bonchev–Trinajstić information content (AvgIpc) is 2.16. The number of ether oxygens (including phenoxy) is 1. The Morgan fingerprint density at radius 2 is 2.00 bits per heavy atom. The van der Waals surface area contributed by atoms with Gasteiger partial charge < -0.3 is 4.74 Å². The maximum absolute atomic E-state index is 13.3. The summed E-state index contributed by atoms with van der Waals surface area (Å²) in [5.41, 5.74) is -0.458. The third kappa shape index (κ3) is 3.01. The highest BCUT2D eigenvalue weighted by Gasteiger charge is 2.10. The first-order chi connectivity index (χ1) is 7.54. The predicted molar refractivity (Wildman–Crippen MR) is 53.6 cm³/mol. The molecule has 0 saturated heterocycles. The molecule has 0 N–H and O–H groups in total. The zero-order valence-corrected chi connectivity index (χ0v) is 8.44. The maximum Gasteiger partial charge on any atom is 0.235 e. The van der Waals surface area contributed by atoms with Gasteiger partial charge in [0.25, 0.3) is 0 Å². The van der Waals surface area contributed by atoms with Crippen LogP contribution in [0.4, 0.5) is 8.78 Å². The first-order valence-corrected chi connectivity index (χ1v) is 4.48. The number of hydrogen-bond donors (Lipinski definition) is 0. The summed E-state index contributed by atoms with van der Waals surface area (Å²) in [7, 11) is 0. The van der Waals surface area contributed by atoms with Gasteiger partial charge in [0.2, 0.25) is 6.20 Å². The number of rotatable bonds is 4. The number of hydrogen-bond acceptors (Lipinski definition) is 3. The van der Waals surface area contributed by atoms with Gasteiger partial charge in [-0.1, -0.05) is 0 Å². The van der Waals surface area contributed by atoms with Crippen LogP contribution < -0.4 is 4.74 Å². The zero-order valence-electron chi connectivity index (χ0n) is 8.44. The number of nitrogens with zero attached hydrogens (tertiary/aromatic N) is 1. The number of nitro groups is 1. The van der Waals surface area contributed by atoms with Gasteiger partial charge in [-0.2, -0.15) is 0 Å². The molecule has 0 unspecified atom stereocenters. The lowest BCUT2D eigenvalue weighted by molar-refractivity contribution is -0.401. The van der Waals surface area contributed by atoms with Crippen molar-refractivity contribution in [3.05, 3.63) is 45.6 Å². The smallest absolute Gasteiger partial charge is 0.235 e. The molecule has 0 amide bonds. The molecule has 0 radical (unpaired) electrons. The molecule has 86 valence electrons. The Hall–Kier alpha value is -1.98. The number of halogens is 2. The molecular weight excluding hydrogens is 220 g/mol. The van der Waals surface area contributed by atoms with Crippen molar-refractivity contribution in [1.29, 1.82) is 0 Å². The molecule has 6 heteroatoms. The molecule has 0 aromatic heterocycles. The zero-order chi connectivity index (χ0) is 12.1. The molecule has 0 aliphatic heterocycles. The molecule has 0 bridgehead atoms. The van der Waals surface area contributed by atoms with E-state index in [2.05, 4.69) is 0 Å². The molecule has 0 atom stereocenters. The molecule has 0 saturated carbocycles. The molecule has 0 aliphatic carbocycles. The Kier molecular flexibility index (Phi) is 3.93. The summed E-state index contributed by atoms with van der Waals surface area (Å²) < 4.78 is 31.5.